The predicted octanol–water partition coefficient (Wildman–Crippen LogP) is 2.64. The maximum Gasteiger partial charge on any atom is 0.142 e. The van der Waals surface area contributed by atoms with E-state index in [1.807, 2.05) is 24.1 Å². The highest BCUT2D eigenvalue weighted by Gasteiger charge is 2.28. The van der Waals surface area contributed by atoms with Gasteiger partial charge < -0.3 is 15.0 Å². The van der Waals surface area contributed by atoms with E-state index in [2.05, 4.69) is 43.5 Å². The van der Waals surface area contributed by atoms with Crippen molar-refractivity contribution < 1.29 is 4.74 Å². The lowest BCUT2D eigenvalue weighted by atomic mass is 10.2. The number of amidine groups is 1. The van der Waals surface area contributed by atoms with Gasteiger partial charge in [0.1, 0.15) is 10.8 Å². The topological polar surface area (TPSA) is 47.1 Å². The van der Waals surface area contributed by atoms with Crippen molar-refractivity contribution >= 4 is 50.3 Å². The molecular weight excluding hydrogens is 385 g/mol. The lowest BCUT2D eigenvalue weighted by molar-refractivity contribution is 0.333. The lowest BCUT2D eigenvalue weighted by Crippen LogP contribution is -2.31. The second-order valence-electron chi connectivity index (χ2n) is 3.32. The largest absolute Gasteiger partial charge is 0.771 e. The molecule has 0 aromatic heterocycles. The fourth-order valence-corrected chi connectivity index (χ4v) is 2.77. The van der Waals surface area contributed by atoms with Gasteiger partial charge in [0.2, 0.25) is 0 Å². The molecule has 2 aliphatic rings. The highest BCUT2D eigenvalue weighted by atomic mass is 127. The normalized spacial score (nSPS) is 23.3. The van der Waals surface area contributed by atoms with Gasteiger partial charge in [0.15, 0.2) is 0 Å². The van der Waals surface area contributed by atoms with Gasteiger partial charge >= 0.3 is 0 Å². The molecule has 2 aliphatic heterocycles. The van der Waals surface area contributed by atoms with Crippen molar-refractivity contribution in [3.63, 3.8) is 0 Å². The van der Waals surface area contributed by atoms with E-state index in [4.69, 9.17) is 4.74 Å². The fraction of sp³-hybridized carbons (Fsp3) is 0.400. The summed E-state index contributed by atoms with van der Waals surface area (Å²) in [5.41, 5.74) is 0.677. The number of halogens is 2. The molecule has 0 bridgehead atoms. The van der Waals surface area contributed by atoms with Crippen LogP contribution in [0.3, 0.4) is 0 Å². The summed E-state index contributed by atoms with van der Waals surface area (Å²) in [5.74, 6) is 0.901. The van der Waals surface area contributed by atoms with Crippen LogP contribution < -0.4 is 0 Å². The Morgan fingerprint density at radius 3 is 3.25 bits per heavy atom. The van der Waals surface area contributed by atoms with Gasteiger partial charge in [-0.2, -0.15) is 0 Å². The summed E-state index contributed by atoms with van der Waals surface area (Å²) in [7, 11) is 0. The molecule has 0 aliphatic carbocycles. The van der Waals surface area contributed by atoms with E-state index >= 15 is 0 Å². The number of aliphatic imine (C=N–C) groups is 1. The van der Waals surface area contributed by atoms with Gasteiger partial charge in [-0.3, -0.25) is 4.99 Å². The first kappa shape index (κ1) is 12.1. The lowest BCUT2D eigenvalue weighted by Gasteiger charge is -2.27. The van der Waals surface area contributed by atoms with E-state index in [9.17, 15) is 5.41 Å². The van der Waals surface area contributed by atoms with Crippen LogP contribution in [0.4, 0.5) is 0 Å². The van der Waals surface area contributed by atoms with Gasteiger partial charge in [0.25, 0.3) is 0 Å². The molecule has 0 amide bonds. The monoisotopic (exact) mass is 394 g/mol. The quantitative estimate of drug-likeness (QED) is 0.237. The molecule has 0 radical (unpaired) electrons. The van der Waals surface area contributed by atoms with Crippen LogP contribution in [-0.2, 0) is 4.74 Å². The van der Waals surface area contributed by atoms with Gasteiger partial charge in [-0.1, -0.05) is 15.9 Å². The number of hydrogen-bond acceptors (Lipinski definition) is 3. The van der Waals surface area contributed by atoms with Crippen molar-refractivity contribution in [3.8, 4) is 0 Å². The third-order valence-electron chi connectivity index (χ3n) is 2.24. The second kappa shape index (κ2) is 4.87. The smallest absolute Gasteiger partial charge is 0.142 e. The maximum absolute atomic E-state index is 9.69. The fourth-order valence-electron chi connectivity index (χ4n) is 1.53. The van der Waals surface area contributed by atoms with Crippen LogP contribution in [-0.4, -0.2) is 34.7 Å². The zero-order chi connectivity index (χ0) is 11.7. The van der Waals surface area contributed by atoms with E-state index in [-0.39, 0.29) is 10.8 Å². The molecule has 1 atom stereocenters. The molecule has 0 spiro atoms. The Kier molecular flexibility index (Phi) is 3.68. The van der Waals surface area contributed by atoms with Crippen LogP contribution >= 0.6 is 38.5 Å². The standard InChI is InChI=1S/C10H10BrIN3O/c1-2-16-9(13)6-3-7(12)10-14-4-8(11)15(10)5-6/h3,5,8H,2,4H2,1H3/q-1. The second-order valence-corrected chi connectivity index (χ2v) is 5.54. The van der Waals surface area contributed by atoms with E-state index < -0.39 is 0 Å². The Labute approximate surface area is 116 Å². The minimum Gasteiger partial charge on any atom is -0.771 e. The summed E-state index contributed by atoms with van der Waals surface area (Å²) in [6.45, 7) is 3.01. The zero-order valence-corrected chi connectivity index (χ0v) is 12.4. The van der Waals surface area contributed by atoms with Gasteiger partial charge in [0.05, 0.1) is 16.7 Å². The van der Waals surface area contributed by atoms with Crippen molar-refractivity contribution in [3.05, 3.63) is 26.8 Å². The Bertz CT molecular complexity index is 416. The summed E-state index contributed by atoms with van der Waals surface area (Å²) >= 11 is 5.74. The third-order valence-corrected chi connectivity index (χ3v) is 3.76. The molecule has 0 fully saturated rings. The molecule has 0 saturated carbocycles. The molecule has 0 N–H and O–H groups in total. The highest BCUT2D eigenvalue weighted by Crippen LogP contribution is 2.29. The molecule has 6 heteroatoms. The molecular formula is C10H10BrIN3O-. The average molecular weight is 395 g/mol. The van der Waals surface area contributed by atoms with Crippen LogP contribution in [0, 0.1) is 0 Å². The first-order valence-corrected chi connectivity index (χ1v) is 6.88. The Balaban J connectivity index is 2.26. The summed E-state index contributed by atoms with van der Waals surface area (Å²) < 4.78 is 6.09. The minimum absolute atomic E-state index is 0.0395. The van der Waals surface area contributed by atoms with Gasteiger partial charge in [-0.25, -0.2) is 0 Å². The SMILES string of the molecule is CCOC(=[N-])C1=CN2C(=NCC2Br)C(I)=C1. The average Bonchev–Trinajstić information content (AvgIpc) is 2.61. The summed E-state index contributed by atoms with van der Waals surface area (Å²) in [4.78, 5) is 6.55. The van der Waals surface area contributed by atoms with E-state index in [1.165, 1.54) is 0 Å². The number of fused-ring (bicyclic) bond motifs is 1. The van der Waals surface area contributed by atoms with Crippen molar-refractivity contribution in [2.45, 2.75) is 11.9 Å². The van der Waals surface area contributed by atoms with Crippen LogP contribution in [0.15, 0.2) is 26.4 Å². The van der Waals surface area contributed by atoms with E-state index in [1.54, 1.807) is 0 Å². The van der Waals surface area contributed by atoms with Crippen molar-refractivity contribution in [1.29, 1.82) is 0 Å². The molecule has 16 heavy (non-hydrogen) atoms. The van der Waals surface area contributed by atoms with Crippen LogP contribution in [0.25, 0.3) is 5.41 Å². The number of alkyl halides is 1. The van der Waals surface area contributed by atoms with Gasteiger partial charge in [-0.15, -0.1) is 0 Å². The highest BCUT2D eigenvalue weighted by molar-refractivity contribution is 14.1. The molecule has 4 nitrogen and oxygen atoms in total. The third kappa shape index (κ3) is 2.17. The Morgan fingerprint density at radius 1 is 1.81 bits per heavy atom. The predicted molar refractivity (Wildman–Crippen MR) is 77.0 cm³/mol. The number of ether oxygens (including phenoxy) is 1. The number of nitrogens with zero attached hydrogens (tertiary/aromatic N) is 3. The minimum atomic E-state index is -0.0395. The van der Waals surface area contributed by atoms with Crippen molar-refractivity contribution in [2.24, 2.45) is 4.99 Å². The Morgan fingerprint density at radius 2 is 2.56 bits per heavy atom. The first-order valence-electron chi connectivity index (χ1n) is 4.88. The maximum atomic E-state index is 9.69. The molecule has 2 rings (SSSR count). The van der Waals surface area contributed by atoms with Gasteiger partial charge in [-0.05, 0) is 35.6 Å². The first-order chi connectivity index (χ1) is 7.63. The molecule has 1 unspecified atom stereocenters. The number of hydrogen-bond donors (Lipinski definition) is 0. The van der Waals surface area contributed by atoms with Crippen LogP contribution in [0.2, 0.25) is 0 Å². The molecule has 0 aromatic rings. The molecule has 0 saturated heterocycles. The number of rotatable bonds is 2. The van der Waals surface area contributed by atoms with E-state index in [0.29, 0.717) is 12.2 Å². The van der Waals surface area contributed by atoms with E-state index in [0.717, 1.165) is 16.0 Å². The van der Waals surface area contributed by atoms with Crippen molar-refractivity contribution in [2.75, 3.05) is 13.2 Å². The van der Waals surface area contributed by atoms with Crippen LogP contribution in [0.1, 0.15) is 6.92 Å². The Hall–Kier alpha value is -0.370. The van der Waals surface area contributed by atoms with Crippen LogP contribution in [0.5, 0.6) is 0 Å². The zero-order valence-electron chi connectivity index (χ0n) is 8.65. The molecule has 0 aromatic carbocycles. The summed E-state index contributed by atoms with van der Waals surface area (Å²) in [6.07, 6.45) is 3.71. The van der Waals surface area contributed by atoms with Gasteiger partial charge in [0, 0.05) is 17.7 Å². The summed E-state index contributed by atoms with van der Waals surface area (Å²) in [6, 6.07) is 0. The summed E-state index contributed by atoms with van der Waals surface area (Å²) in [5, 5.41) is 9.69. The molecule has 2 heterocycles. The van der Waals surface area contributed by atoms with Crippen molar-refractivity contribution in [1.82, 2.24) is 4.90 Å². The molecule has 86 valence electrons.